The number of amides is 1. The van der Waals surface area contributed by atoms with Crippen molar-refractivity contribution in [2.75, 3.05) is 0 Å². The zero-order valence-corrected chi connectivity index (χ0v) is 8.58. The van der Waals surface area contributed by atoms with Crippen LogP contribution in [-0.2, 0) is 11.3 Å². The van der Waals surface area contributed by atoms with Crippen LogP contribution in [0, 0.1) is 13.8 Å². The second-order valence-corrected chi connectivity index (χ2v) is 3.91. The Labute approximate surface area is 83.3 Å². The van der Waals surface area contributed by atoms with Gasteiger partial charge in [0.1, 0.15) is 0 Å². The van der Waals surface area contributed by atoms with E-state index in [2.05, 4.69) is 16.5 Å². The van der Waals surface area contributed by atoms with Gasteiger partial charge in [0.15, 0.2) is 0 Å². The fourth-order valence-electron chi connectivity index (χ4n) is 1.88. The normalized spacial score (nSPS) is 21.3. The van der Waals surface area contributed by atoms with Gasteiger partial charge >= 0.3 is 0 Å². The maximum atomic E-state index is 11.0. The van der Waals surface area contributed by atoms with E-state index in [0.717, 1.165) is 24.4 Å². The minimum Gasteiger partial charge on any atom is -0.351 e. The lowest BCUT2D eigenvalue weighted by atomic mass is 10.2. The summed E-state index contributed by atoms with van der Waals surface area (Å²) in [5.74, 6) is 0.163. The third kappa shape index (κ3) is 1.78. The van der Waals surface area contributed by atoms with E-state index in [1.807, 2.05) is 18.5 Å². The molecule has 2 rings (SSSR count). The Balaban J connectivity index is 2.04. The molecule has 0 saturated carbocycles. The van der Waals surface area contributed by atoms with Crippen molar-refractivity contribution in [3.05, 3.63) is 17.5 Å². The summed E-state index contributed by atoms with van der Waals surface area (Å²) in [6.45, 7) is 4.82. The van der Waals surface area contributed by atoms with Crippen LogP contribution in [-0.4, -0.2) is 21.7 Å². The lowest BCUT2D eigenvalue weighted by Gasteiger charge is -2.11. The topological polar surface area (TPSA) is 46.9 Å². The van der Waals surface area contributed by atoms with Gasteiger partial charge in [-0.15, -0.1) is 0 Å². The van der Waals surface area contributed by atoms with Crippen molar-refractivity contribution < 1.29 is 4.79 Å². The summed E-state index contributed by atoms with van der Waals surface area (Å²) >= 11 is 0. The smallest absolute Gasteiger partial charge is 0.220 e. The van der Waals surface area contributed by atoms with Crippen LogP contribution in [0.25, 0.3) is 0 Å². The monoisotopic (exact) mass is 193 g/mol. The largest absolute Gasteiger partial charge is 0.351 e. The van der Waals surface area contributed by atoms with Crippen LogP contribution in [0.1, 0.15) is 24.2 Å². The highest BCUT2D eigenvalue weighted by Crippen LogP contribution is 2.10. The maximum absolute atomic E-state index is 11.0. The number of hydrogen-bond acceptors (Lipinski definition) is 2. The zero-order chi connectivity index (χ0) is 10.1. The lowest BCUT2D eigenvalue weighted by Crippen LogP contribution is -2.30. The molecule has 0 aromatic carbocycles. The molecule has 76 valence electrons. The molecule has 1 fully saturated rings. The predicted molar refractivity (Wildman–Crippen MR) is 52.9 cm³/mol. The summed E-state index contributed by atoms with van der Waals surface area (Å²) < 4.78 is 1.96. The van der Waals surface area contributed by atoms with E-state index < -0.39 is 0 Å². The van der Waals surface area contributed by atoms with Gasteiger partial charge in [-0.25, -0.2) is 0 Å². The van der Waals surface area contributed by atoms with Crippen LogP contribution in [0.2, 0.25) is 0 Å². The molecule has 1 aliphatic rings. The molecule has 0 aliphatic carbocycles. The van der Waals surface area contributed by atoms with Crippen molar-refractivity contribution in [3.63, 3.8) is 0 Å². The summed E-state index contributed by atoms with van der Waals surface area (Å²) in [6.07, 6.45) is 1.58. The van der Waals surface area contributed by atoms with Gasteiger partial charge in [0.25, 0.3) is 0 Å². The van der Waals surface area contributed by atoms with E-state index in [1.165, 1.54) is 0 Å². The third-order valence-corrected chi connectivity index (χ3v) is 2.58. The van der Waals surface area contributed by atoms with Crippen LogP contribution in [0.4, 0.5) is 0 Å². The second-order valence-electron chi connectivity index (χ2n) is 3.91. The third-order valence-electron chi connectivity index (χ3n) is 2.58. The molecule has 14 heavy (non-hydrogen) atoms. The summed E-state index contributed by atoms with van der Waals surface area (Å²) in [6, 6.07) is 2.32. The number of rotatable bonds is 2. The number of hydrogen-bond donors (Lipinski definition) is 1. The number of aromatic nitrogens is 2. The summed E-state index contributed by atoms with van der Waals surface area (Å²) in [5, 5.41) is 7.30. The first-order valence-electron chi connectivity index (χ1n) is 4.95. The van der Waals surface area contributed by atoms with Gasteiger partial charge in [-0.3, -0.25) is 9.48 Å². The van der Waals surface area contributed by atoms with Crippen LogP contribution < -0.4 is 5.32 Å². The van der Waals surface area contributed by atoms with Gasteiger partial charge < -0.3 is 5.32 Å². The Bertz CT molecular complexity index is 356. The summed E-state index contributed by atoms with van der Waals surface area (Å²) in [4.78, 5) is 11.0. The van der Waals surface area contributed by atoms with E-state index in [1.54, 1.807) is 0 Å². The van der Waals surface area contributed by atoms with Crippen molar-refractivity contribution in [3.8, 4) is 0 Å². The minimum atomic E-state index is 0.163. The highest BCUT2D eigenvalue weighted by atomic mass is 16.1. The van der Waals surface area contributed by atoms with Crippen LogP contribution in [0.15, 0.2) is 6.07 Å². The van der Waals surface area contributed by atoms with Crippen LogP contribution in [0.5, 0.6) is 0 Å². The van der Waals surface area contributed by atoms with Crippen molar-refractivity contribution in [2.24, 2.45) is 0 Å². The molecule has 4 heteroatoms. The quantitative estimate of drug-likeness (QED) is 0.754. The molecular weight excluding hydrogens is 178 g/mol. The molecule has 1 aromatic heterocycles. The van der Waals surface area contributed by atoms with Crippen molar-refractivity contribution in [2.45, 2.75) is 39.3 Å². The van der Waals surface area contributed by atoms with E-state index in [0.29, 0.717) is 6.42 Å². The van der Waals surface area contributed by atoms with E-state index >= 15 is 0 Å². The van der Waals surface area contributed by atoms with Crippen molar-refractivity contribution in [1.82, 2.24) is 15.1 Å². The minimum absolute atomic E-state index is 0.163. The molecule has 1 aliphatic heterocycles. The molecule has 1 amide bonds. The zero-order valence-electron chi connectivity index (χ0n) is 8.58. The molecule has 1 atom stereocenters. The number of carbonyl (C=O) groups is 1. The Morgan fingerprint density at radius 1 is 1.64 bits per heavy atom. The fraction of sp³-hybridized carbons (Fsp3) is 0.600. The lowest BCUT2D eigenvalue weighted by molar-refractivity contribution is -0.119. The van der Waals surface area contributed by atoms with Crippen molar-refractivity contribution in [1.29, 1.82) is 0 Å². The molecule has 0 spiro atoms. The Hall–Kier alpha value is -1.32. The highest BCUT2D eigenvalue weighted by Gasteiger charge is 2.21. The first kappa shape index (κ1) is 9.24. The SMILES string of the molecule is Cc1cc(C)n(CC2CCC(=O)N2)n1. The van der Waals surface area contributed by atoms with Gasteiger partial charge in [-0.1, -0.05) is 0 Å². The number of nitrogens with zero attached hydrogens (tertiary/aromatic N) is 2. The van der Waals surface area contributed by atoms with E-state index in [9.17, 15) is 4.79 Å². The average molecular weight is 193 g/mol. The second kappa shape index (κ2) is 3.44. The highest BCUT2D eigenvalue weighted by molar-refractivity contribution is 5.78. The Morgan fingerprint density at radius 3 is 2.93 bits per heavy atom. The van der Waals surface area contributed by atoms with Gasteiger partial charge in [-0.05, 0) is 26.3 Å². The molecular formula is C10H15N3O. The van der Waals surface area contributed by atoms with Crippen LogP contribution >= 0.6 is 0 Å². The van der Waals surface area contributed by atoms with Gasteiger partial charge in [-0.2, -0.15) is 5.10 Å². The number of aryl methyl sites for hydroxylation is 2. The molecule has 4 nitrogen and oxygen atoms in total. The number of carbonyl (C=O) groups excluding carboxylic acids is 1. The fourth-order valence-corrected chi connectivity index (χ4v) is 1.88. The Kier molecular flexibility index (Phi) is 2.27. The molecule has 0 bridgehead atoms. The van der Waals surface area contributed by atoms with E-state index in [4.69, 9.17) is 0 Å². The van der Waals surface area contributed by atoms with Crippen LogP contribution in [0.3, 0.4) is 0 Å². The molecule has 1 saturated heterocycles. The van der Waals surface area contributed by atoms with E-state index in [-0.39, 0.29) is 11.9 Å². The molecule has 1 unspecified atom stereocenters. The average Bonchev–Trinajstić information content (AvgIpc) is 2.61. The molecule has 1 N–H and O–H groups in total. The van der Waals surface area contributed by atoms with Crippen molar-refractivity contribution >= 4 is 5.91 Å². The van der Waals surface area contributed by atoms with Gasteiger partial charge in [0.2, 0.25) is 5.91 Å². The first-order chi connectivity index (χ1) is 6.65. The molecule has 2 heterocycles. The molecule has 0 radical (unpaired) electrons. The number of nitrogens with one attached hydrogen (secondary N) is 1. The standard InChI is InChI=1S/C10H15N3O/c1-7-5-8(2)13(12-7)6-9-3-4-10(14)11-9/h5,9H,3-4,6H2,1-2H3,(H,11,14). The maximum Gasteiger partial charge on any atom is 0.220 e. The van der Waals surface area contributed by atoms with Gasteiger partial charge in [0, 0.05) is 18.2 Å². The first-order valence-corrected chi connectivity index (χ1v) is 4.95. The van der Waals surface area contributed by atoms with Gasteiger partial charge in [0.05, 0.1) is 12.2 Å². The predicted octanol–water partition coefficient (Wildman–Crippen LogP) is 0.779. The summed E-state index contributed by atoms with van der Waals surface area (Å²) in [5.41, 5.74) is 2.19. The molecule has 1 aromatic rings. The summed E-state index contributed by atoms with van der Waals surface area (Å²) in [7, 11) is 0. The Morgan fingerprint density at radius 2 is 2.43 bits per heavy atom.